The first-order chi connectivity index (χ1) is 5.16. The molecule has 0 radical (unpaired) electrons. The topological polar surface area (TPSA) is 17.1 Å². The number of benzene rings is 1. The zero-order chi connectivity index (χ0) is 8.43. The largest absolute Gasteiger partial charge is 0.298 e. The fourth-order valence-corrected chi connectivity index (χ4v) is 1.46. The van der Waals surface area contributed by atoms with E-state index in [1.807, 2.05) is 0 Å². The molecule has 0 aliphatic carbocycles. The predicted molar refractivity (Wildman–Crippen MR) is 49.5 cm³/mol. The van der Waals surface area contributed by atoms with Crippen LogP contribution in [0.4, 0.5) is 0 Å². The molecule has 0 atom stereocenters. The Balaban J connectivity index is 3.36. The molecule has 1 aromatic carbocycles. The van der Waals surface area contributed by atoms with Crippen molar-refractivity contribution >= 4 is 45.4 Å². The van der Waals surface area contributed by atoms with Gasteiger partial charge >= 0.3 is 0 Å². The number of rotatable bonds is 1. The molecule has 0 bridgehead atoms. The van der Waals surface area contributed by atoms with Crippen LogP contribution in [0.25, 0.3) is 0 Å². The van der Waals surface area contributed by atoms with Crippen molar-refractivity contribution in [3.63, 3.8) is 0 Å². The van der Waals surface area contributed by atoms with Crippen LogP contribution >= 0.6 is 39.1 Å². The molecule has 0 saturated carbocycles. The van der Waals surface area contributed by atoms with E-state index >= 15 is 0 Å². The summed E-state index contributed by atoms with van der Waals surface area (Å²) in [5.74, 6) is 0. The van der Waals surface area contributed by atoms with E-state index in [1.54, 1.807) is 12.1 Å². The molecule has 0 spiro atoms. The average Bonchev–Trinajstić information content (AvgIpc) is 2.01. The Hall–Kier alpha value is -0.0500. The quantitative estimate of drug-likeness (QED) is 0.553. The van der Waals surface area contributed by atoms with E-state index in [4.69, 9.17) is 23.2 Å². The van der Waals surface area contributed by atoms with E-state index in [9.17, 15) is 4.79 Å². The Kier molecular flexibility index (Phi) is 2.93. The van der Waals surface area contributed by atoms with Crippen molar-refractivity contribution in [2.75, 3.05) is 0 Å². The highest BCUT2D eigenvalue weighted by molar-refractivity contribution is 9.10. The highest BCUT2D eigenvalue weighted by Crippen LogP contribution is 2.31. The fraction of sp³-hybridized carbons (Fsp3) is 0. The van der Waals surface area contributed by atoms with Gasteiger partial charge in [-0.05, 0) is 28.1 Å². The Morgan fingerprint density at radius 1 is 1.27 bits per heavy atom. The molecule has 0 fully saturated rings. The molecule has 0 saturated heterocycles. The van der Waals surface area contributed by atoms with E-state index in [2.05, 4.69) is 15.9 Å². The highest BCUT2D eigenvalue weighted by Gasteiger charge is 2.06. The smallest absolute Gasteiger partial charge is 0.151 e. The van der Waals surface area contributed by atoms with Gasteiger partial charge in [0.25, 0.3) is 0 Å². The zero-order valence-corrected chi connectivity index (χ0v) is 8.37. The van der Waals surface area contributed by atoms with E-state index in [0.29, 0.717) is 21.3 Å². The van der Waals surface area contributed by atoms with Gasteiger partial charge in [-0.1, -0.05) is 23.2 Å². The van der Waals surface area contributed by atoms with E-state index in [1.165, 1.54) is 0 Å². The molecule has 4 heteroatoms. The summed E-state index contributed by atoms with van der Waals surface area (Å²) in [6.07, 6.45) is 0.667. The van der Waals surface area contributed by atoms with Crippen molar-refractivity contribution in [1.29, 1.82) is 0 Å². The summed E-state index contributed by atoms with van der Waals surface area (Å²) in [5, 5.41) is 0.660. The minimum Gasteiger partial charge on any atom is -0.298 e. The van der Waals surface area contributed by atoms with Gasteiger partial charge in [-0.15, -0.1) is 0 Å². The lowest BCUT2D eigenvalue weighted by Crippen LogP contribution is -1.82. The first kappa shape index (κ1) is 9.04. The number of hydrogen-bond acceptors (Lipinski definition) is 1. The molecule has 0 unspecified atom stereocenters. The van der Waals surface area contributed by atoms with E-state index in [-0.39, 0.29) is 5.02 Å². The number of hydrogen-bond donors (Lipinski definition) is 0. The van der Waals surface area contributed by atoms with Crippen molar-refractivity contribution in [2.24, 2.45) is 0 Å². The Labute approximate surface area is 82.4 Å². The lowest BCUT2D eigenvalue weighted by molar-refractivity contribution is 0.112. The van der Waals surface area contributed by atoms with Crippen LogP contribution in [0.3, 0.4) is 0 Å². The van der Waals surface area contributed by atoms with Crippen LogP contribution in [0.15, 0.2) is 16.6 Å². The number of carbonyl (C=O) groups excluding carboxylic acids is 1. The van der Waals surface area contributed by atoms with Gasteiger partial charge < -0.3 is 0 Å². The van der Waals surface area contributed by atoms with Crippen LogP contribution in [-0.2, 0) is 0 Å². The minimum absolute atomic E-state index is 0.288. The monoisotopic (exact) mass is 252 g/mol. The summed E-state index contributed by atoms with van der Waals surface area (Å²) in [6, 6.07) is 3.28. The lowest BCUT2D eigenvalue weighted by Gasteiger charge is -1.99. The summed E-state index contributed by atoms with van der Waals surface area (Å²) in [4.78, 5) is 10.3. The fourth-order valence-electron chi connectivity index (χ4n) is 0.632. The summed E-state index contributed by atoms with van der Waals surface area (Å²) >= 11 is 14.6. The van der Waals surface area contributed by atoms with Crippen molar-refractivity contribution in [2.45, 2.75) is 0 Å². The van der Waals surface area contributed by atoms with Gasteiger partial charge in [-0.2, -0.15) is 0 Å². The van der Waals surface area contributed by atoms with Crippen LogP contribution in [0, 0.1) is 0 Å². The van der Waals surface area contributed by atoms with Crippen molar-refractivity contribution in [1.82, 2.24) is 0 Å². The molecule has 0 aliphatic heterocycles. The third-order valence-corrected chi connectivity index (χ3v) is 2.98. The van der Waals surface area contributed by atoms with Crippen LogP contribution in [0.2, 0.25) is 10.0 Å². The van der Waals surface area contributed by atoms with Gasteiger partial charge in [0.05, 0.1) is 10.0 Å². The molecule has 0 amide bonds. The number of aldehydes is 1. The third kappa shape index (κ3) is 1.75. The summed E-state index contributed by atoms with van der Waals surface area (Å²) in [7, 11) is 0. The van der Waals surface area contributed by atoms with Crippen LogP contribution in [0.1, 0.15) is 10.4 Å². The lowest BCUT2D eigenvalue weighted by atomic mass is 10.2. The zero-order valence-electron chi connectivity index (χ0n) is 5.27. The number of halogens is 3. The molecule has 0 aliphatic rings. The van der Waals surface area contributed by atoms with E-state index in [0.717, 1.165) is 0 Å². The second kappa shape index (κ2) is 3.57. The maximum absolute atomic E-state index is 10.3. The van der Waals surface area contributed by atoms with Gasteiger partial charge in [0, 0.05) is 10.0 Å². The number of carbonyl (C=O) groups is 1. The maximum atomic E-state index is 10.3. The summed E-state index contributed by atoms with van der Waals surface area (Å²) in [5.41, 5.74) is 0.403. The Morgan fingerprint density at radius 3 is 2.45 bits per heavy atom. The first-order valence-corrected chi connectivity index (χ1v) is 4.30. The molecule has 1 aromatic rings. The summed E-state index contributed by atoms with van der Waals surface area (Å²) < 4.78 is 0.690. The van der Waals surface area contributed by atoms with Crippen molar-refractivity contribution < 1.29 is 4.79 Å². The normalized spacial score (nSPS) is 9.73. The molecular formula is C7H3BrCl2O. The van der Waals surface area contributed by atoms with Gasteiger partial charge in [-0.25, -0.2) is 0 Å². The van der Waals surface area contributed by atoms with Gasteiger partial charge in [0.1, 0.15) is 0 Å². The standard InChI is InChI=1S/C7H3BrCl2O/c8-5-2-1-4(3-11)6(9)7(5)10/h1-3H. The summed E-state index contributed by atoms with van der Waals surface area (Å²) in [6.45, 7) is 0. The Morgan fingerprint density at radius 2 is 1.91 bits per heavy atom. The third-order valence-electron chi connectivity index (χ3n) is 1.19. The van der Waals surface area contributed by atoms with Gasteiger partial charge in [0.2, 0.25) is 0 Å². The van der Waals surface area contributed by atoms with Gasteiger partial charge in [-0.3, -0.25) is 4.79 Å². The maximum Gasteiger partial charge on any atom is 0.151 e. The van der Waals surface area contributed by atoms with Crippen molar-refractivity contribution in [3.8, 4) is 0 Å². The van der Waals surface area contributed by atoms with Gasteiger partial charge in [0.15, 0.2) is 6.29 Å². The predicted octanol–water partition coefficient (Wildman–Crippen LogP) is 3.57. The van der Waals surface area contributed by atoms with Crippen molar-refractivity contribution in [3.05, 3.63) is 32.2 Å². The van der Waals surface area contributed by atoms with Crippen LogP contribution in [-0.4, -0.2) is 6.29 Å². The second-order valence-electron chi connectivity index (χ2n) is 1.88. The molecule has 0 aromatic heterocycles. The molecule has 1 rings (SSSR count). The first-order valence-electron chi connectivity index (χ1n) is 2.75. The SMILES string of the molecule is O=Cc1ccc(Br)c(Cl)c1Cl. The molecule has 1 nitrogen and oxygen atoms in total. The molecular weight excluding hydrogens is 251 g/mol. The molecule has 0 N–H and O–H groups in total. The second-order valence-corrected chi connectivity index (χ2v) is 3.49. The van der Waals surface area contributed by atoms with E-state index < -0.39 is 0 Å². The molecule has 11 heavy (non-hydrogen) atoms. The van der Waals surface area contributed by atoms with Crippen LogP contribution in [0.5, 0.6) is 0 Å². The molecule has 0 heterocycles. The highest BCUT2D eigenvalue weighted by atomic mass is 79.9. The Bertz CT molecular complexity index is 299. The minimum atomic E-state index is 0.288. The molecule has 58 valence electrons. The average molecular weight is 254 g/mol. The van der Waals surface area contributed by atoms with Crippen LogP contribution < -0.4 is 0 Å².